The molecule has 0 radical (unpaired) electrons. The zero-order valence-electron chi connectivity index (χ0n) is 14.5. The van der Waals surface area contributed by atoms with E-state index in [9.17, 15) is 22.8 Å². The van der Waals surface area contributed by atoms with Crippen molar-refractivity contribution < 1.29 is 27.5 Å². The largest absolute Gasteiger partial charge is 0.461 e. The van der Waals surface area contributed by atoms with Crippen molar-refractivity contribution in [2.45, 2.75) is 17.5 Å². The zero-order valence-corrected chi connectivity index (χ0v) is 15.3. The number of carbonyl (C=O) groups excluding carboxylic acids is 2. The zero-order chi connectivity index (χ0) is 20.6. The highest BCUT2D eigenvalue weighted by Gasteiger charge is 2.30. The lowest BCUT2D eigenvalue weighted by atomic mass is 10.2. The van der Waals surface area contributed by atoms with Crippen LogP contribution < -0.4 is 5.32 Å². The van der Waals surface area contributed by atoms with Crippen molar-refractivity contribution in [2.75, 3.05) is 17.7 Å². The maximum absolute atomic E-state index is 12.7. The fourth-order valence-corrected chi connectivity index (χ4v) is 2.89. The normalized spacial score (nSPS) is 10.8. The van der Waals surface area contributed by atoms with Gasteiger partial charge in [-0.25, -0.2) is 4.79 Å². The molecule has 0 spiro atoms. The van der Waals surface area contributed by atoms with E-state index in [2.05, 4.69) is 5.32 Å². The molecule has 1 amide bonds. The molecule has 2 aromatic carbocycles. The Kier molecular flexibility index (Phi) is 7.46. The van der Waals surface area contributed by atoms with E-state index in [4.69, 9.17) is 10.00 Å². The maximum Gasteiger partial charge on any atom is 0.416 e. The number of halogens is 3. The molecule has 0 saturated carbocycles. The molecule has 0 aliphatic rings. The SMILES string of the molecule is N#CCC(=O)Nc1ccc(C(=O)OCCSc2cccc(C(F)(F)F)c2)cc1. The first kappa shape index (κ1) is 21.3. The lowest BCUT2D eigenvalue weighted by molar-refractivity contribution is -0.137. The number of thioether (sulfide) groups is 1. The maximum atomic E-state index is 12.7. The van der Waals surface area contributed by atoms with Gasteiger partial charge in [0.1, 0.15) is 13.0 Å². The van der Waals surface area contributed by atoms with E-state index in [0.29, 0.717) is 16.3 Å². The second-order valence-corrected chi connectivity index (χ2v) is 6.64. The smallest absolute Gasteiger partial charge is 0.416 e. The second kappa shape index (κ2) is 9.80. The molecular formula is C19H15F3N2O3S. The van der Waals surface area contributed by atoms with E-state index in [-0.39, 0.29) is 18.6 Å². The third-order valence-electron chi connectivity index (χ3n) is 3.39. The average Bonchev–Trinajstić information content (AvgIpc) is 2.65. The minimum Gasteiger partial charge on any atom is -0.461 e. The number of alkyl halides is 3. The van der Waals surface area contributed by atoms with Gasteiger partial charge in [0.05, 0.1) is 17.2 Å². The van der Waals surface area contributed by atoms with Crippen LogP contribution in [0.3, 0.4) is 0 Å². The van der Waals surface area contributed by atoms with Gasteiger partial charge in [-0.2, -0.15) is 18.4 Å². The molecule has 0 saturated heterocycles. The van der Waals surface area contributed by atoms with Gasteiger partial charge in [0.2, 0.25) is 5.91 Å². The Hall–Kier alpha value is -2.99. The molecule has 5 nitrogen and oxygen atoms in total. The highest BCUT2D eigenvalue weighted by Crippen LogP contribution is 2.31. The van der Waals surface area contributed by atoms with Crippen LogP contribution in [0, 0.1) is 11.3 Å². The van der Waals surface area contributed by atoms with Crippen molar-refractivity contribution in [2.24, 2.45) is 0 Å². The molecule has 0 fully saturated rings. The number of benzene rings is 2. The molecule has 0 aliphatic heterocycles. The highest BCUT2D eigenvalue weighted by atomic mass is 32.2. The topological polar surface area (TPSA) is 79.2 Å². The molecule has 0 unspecified atom stereocenters. The summed E-state index contributed by atoms with van der Waals surface area (Å²) in [6.45, 7) is 0.0282. The number of esters is 1. The number of ether oxygens (including phenoxy) is 1. The molecule has 28 heavy (non-hydrogen) atoms. The van der Waals surface area contributed by atoms with Gasteiger partial charge in [-0.05, 0) is 42.5 Å². The third-order valence-corrected chi connectivity index (χ3v) is 4.35. The summed E-state index contributed by atoms with van der Waals surface area (Å²) in [5, 5.41) is 10.9. The van der Waals surface area contributed by atoms with Crippen LogP contribution in [0.15, 0.2) is 53.4 Å². The second-order valence-electron chi connectivity index (χ2n) is 5.47. The summed E-state index contributed by atoms with van der Waals surface area (Å²) in [5.41, 5.74) is -0.0179. The quantitative estimate of drug-likeness (QED) is 0.414. The number of nitriles is 1. The first-order valence-electron chi connectivity index (χ1n) is 8.03. The number of nitrogens with zero attached hydrogens (tertiary/aromatic N) is 1. The van der Waals surface area contributed by atoms with Crippen molar-refractivity contribution in [3.05, 3.63) is 59.7 Å². The standard InChI is InChI=1S/C19H15F3N2O3S/c20-19(21,22)14-2-1-3-16(12-14)28-11-10-27-18(26)13-4-6-15(7-5-13)24-17(25)8-9-23/h1-7,12H,8,10-11H2,(H,24,25). The molecule has 0 heterocycles. The summed E-state index contributed by atoms with van der Waals surface area (Å²) < 4.78 is 43.1. The molecule has 2 aromatic rings. The van der Waals surface area contributed by atoms with Gasteiger partial charge < -0.3 is 10.1 Å². The average molecular weight is 408 g/mol. The Morgan fingerprint density at radius 1 is 1.14 bits per heavy atom. The molecule has 9 heteroatoms. The Labute approximate surface area is 163 Å². The van der Waals surface area contributed by atoms with E-state index < -0.39 is 23.6 Å². The first-order valence-corrected chi connectivity index (χ1v) is 9.02. The number of hydrogen-bond acceptors (Lipinski definition) is 5. The first-order chi connectivity index (χ1) is 13.3. The van der Waals surface area contributed by atoms with Gasteiger partial charge in [-0.1, -0.05) is 6.07 Å². The number of anilines is 1. The summed E-state index contributed by atoms with van der Waals surface area (Å²) in [6.07, 6.45) is -4.67. The minimum absolute atomic E-state index is 0.0282. The van der Waals surface area contributed by atoms with Crippen LogP contribution in [0.2, 0.25) is 0 Å². The van der Waals surface area contributed by atoms with Crippen LogP contribution in [-0.4, -0.2) is 24.2 Å². The van der Waals surface area contributed by atoms with Gasteiger partial charge in [0.25, 0.3) is 0 Å². The molecule has 0 aliphatic carbocycles. The number of amides is 1. The molecule has 2 rings (SSSR count). The fourth-order valence-electron chi connectivity index (χ4n) is 2.11. The Morgan fingerprint density at radius 2 is 1.86 bits per heavy atom. The predicted molar refractivity (Wildman–Crippen MR) is 97.8 cm³/mol. The third kappa shape index (κ3) is 6.63. The van der Waals surface area contributed by atoms with Crippen molar-refractivity contribution in [1.29, 1.82) is 5.26 Å². The van der Waals surface area contributed by atoms with Crippen LogP contribution in [-0.2, 0) is 15.7 Å². The van der Waals surface area contributed by atoms with E-state index >= 15 is 0 Å². The molecule has 0 aromatic heterocycles. The van der Waals surface area contributed by atoms with Gasteiger partial charge in [-0.3, -0.25) is 4.79 Å². The fraction of sp³-hybridized carbons (Fsp3) is 0.211. The Bertz CT molecular complexity index is 877. The van der Waals surface area contributed by atoms with Gasteiger partial charge in [-0.15, -0.1) is 11.8 Å². The van der Waals surface area contributed by atoms with Crippen LogP contribution >= 0.6 is 11.8 Å². The molecule has 0 atom stereocenters. The van der Waals surface area contributed by atoms with Crippen LogP contribution in [0.4, 0.5) is 18.9 Å². The molecular weight excluding hydrogens is 393 g/mol. The highest BCUT2D eigenvalue weighted by molar-refractivity contribution is 7.99. The van der Waals surface area contributed by atoms with Gasteiger partial charge >= 0.3 is 12.1 Å². The summed E-state index contributed by atoms with van der Waals surface area (Å²) in [4.78, 5) is 23.7. The predicted octanol–water partition coefficient (Wildman–Crippen LogP) is 4.51. The minimum atomic E-state index is -4.40. The van der Waals surface area contributed by atoms with Crippen molar-refractivity contribution >= 4 is 29.3 Å². The molecule has 0 bridgehead atoms. The Balaban J connectivity index is 1.80. The summed E-state index contributed by atoms with van der Waals surface area (Å²) in [5.74, 6) is -0.737. The number of hydrogen-bond donors (Lipinski definition) is 1. The van der Waals surface area contributed by atoms with Gasteiger partial charge in [0, 0.05) is 16.3 Å². The monoisotopic (exact) mass is 408 g/mol. The van der Waals surface area contributed by atoms with E-state index in [1.165, 1.54) is 30.3 Å². The van der Waals surface area contributed by atoms with Crippen molar-refractivity contribution in [1.82, 2.24) is 0 Å². The summed E-state index contributed by atoms with van der Waals surface area (Å²) in [6, 6.07) is 12.6. The van der Waals surface area contributed by atoms with E-state index in [1.54, 1.807) is 12.1 Å². The number of rotatable bonds is 7. The lowest BCUT2D eigenvalue weighted by Gasteiger charge is -2.09. The van der Waals surface area contributed by atoms with E-state index in [1.807, 2.05) is 0 Å². The molecule has 1 N–H and O–H groups in total. The summed E-state index contributed by atoms with van der Waals surface area (Å²) in [7, 11) is 0. The van der Waals surface area contributed by atoms with Crippen LogP contribution in [0.1, 0.15) is 22.3 Å². The Morgan fingerprint density at radius 3 is 2.50 bits per heavy atom. The van der Waals surface area contributed by atoms with Crippen LogP contribution in [0.25, 0.3) is 0 Å². The van der Waals surface area contributed by atoms with Crippen LogP contribution in [0.5, 0.6) is 0 Å². The van der Waals surface area contributed by atoms with Gasteiger partial charge in [0.15, 0.2) is 0 Å². The van der Waals surface area contributed by atoms with Crippen molar-refractivity contribution in [3.8, 4) is 6.07 Å². The molecule has 146 valence electrons. The van der Waals surface area contributed by atoms with E-state index in [0.717, 1.165) is 23.9 Å². The number of nitrogens with one attached hydrogen (secondary N) is 1. The summed E-state index contributed by atoms with van der Waals surface area (Å²) >= 11 is 1.15. The lowest BCUT2D eigenvalue weighted by Crippen LogP contribution is -2.11. The van der Waals surface area contributed by atoms with Crippen molar-refractivity contribution in [3.63, 3.8) is 0 Å². The number of carbonyl (C=O) groups is 2.